The van der Waals surface area contributed by atoms with E-state index in [0.717, 1.165) is 0 Å². The second kappa shape index (κ2) is 4.79. The SMILES string of the molecule is O=C(NC[C@]1(O)CNC[C@H]1O)c1ccccn1. The van der Waals surface area contributed by atoms with Crippen LogP contribution in [0.4, 0.5) is 0 Å². The minimum atomic E-state index is -1.30. The molecule has 0 radical (unpaired) electrons. The van der Waals surface area contributed by atoms with Gasteiger partial charge in [-0.3, -0.25) is 9.78 Å². The number of rotatable bonds is 3. The van der Waals surface area contributed by atoms with Crippen molar-refractivity contribution in [2.75, 3.05) is 19.6 Å². The molecule has 6 heteroatoms. The summed E-state index contributed by atoms with van der Waals surface area (Å²) in [5.41, 5.74) is -1.01. The van der Waals surface area contributed by atoms with Crippen LogP contribution in [0.5, 0.6) is 0 Å². The molecule has 0 spiro atoms. The first kappa shape index (κ1) is 12.0. The van der Waals surface area contributed by atoms with Gasteiger partial charge in [-0.15, -0.1) is 0 Å². The molecule has 1 fully saturated rings. The maximum absolute atomic E-state index is 11.7. The lowest BCUT2D eigenvalue weighted by atomic mass is 10.0. The van der Waals surface area contributed by atoms with Gasteiger partial charge in [0.25, 0.3) is 5.91 Å². The number of aromatic nitrogens is 1. The van der Waals surface area contributed by atoms with Gasteiger partial charge < -0.3 is 20.8 Å². The van der Waals surface area contributed by atoms with Crippen LogP contribution in [0, 0.1) is 0 Å². The number of nitrogens with zero attached hydrogens (tertiary/aromatic N) is 1. The van der Waals surface area contributed by atoms with Crippen LogP contribution < -0.4 is 10.6 Å². The summed E-state index contributed by atoms with van der Waals surface area (Å²) in [6, 6.07) is 5.01. The number of pyridine rings is 1. The Morgan fingerprint density at radius 3 is 3.06 bits per heavy atom. The van der Waals surface area contributed by atoms with Gasteiger partial charge in [0.1, 0.15) is 11.3 Å². The van der Waals surface area contributed by atoms with E-state index in [1.807, 2.05) is 0 Å². The van der Waals surface area contributed by atoms with E-state index in [0.29, 0.717) is 6.54 Å². The van der Waals surface area contributed by atoms with Gasteiger partial charge in [0.2, 0.25) is 0 Å². The largest absolute Gasteiger partial charge is 0.389 e. The van der Waals surface area contributed by atoms with Crippen molar-refractivity contribution in [3.63, 3.8) is 0 Å². The quantitative estimate of drug-likeness (QED) is 0.513. The third-order valence-corrected chi connectivity index (χ3v) is 2.84. The number of hydrogen-bond donors (Lipinski definition) is 4. The average Bonchev–Trinajstić information content (AvgIpc) is 2.68. The van der Waals surface area contributed by atoms with Crippen LogP contribution in [-0.4, -0.2) is 52.4 Å². The molecule has 1 aromatic rings. The van der Waals surface area contributed by atoms with E-state index >= 15 is 0 Å². The van der Waals surface area contributed by atoms with Gasteiger partial charge >= 0.3 is 0 Å². The number of β-amino-alcohol motifs (C(OH)–C–C–N with tert-alkyl or cyclic N) is 2. The fraction of sp³-hybridized carbons (Fsp3) is 0.455. The minimum absolute atomic E-state index is 0.00340. The fourth-order valence-electron chi connectivity index (χ4n) is 1.73. The van der Waals surface area contributed by atoms with Crippen LogP contribution in [0.25, 0.3) is 0 Å². The first-order chi connectivity index (χ1) is 8.12. The highest BCUT2D eigenvalue weighted by atomic mass is 16.3. The van der Waals surface area contributed by atoms with E-state index in [1.54, 1.807) is 18.2 Å². The molecule has 1 amide bonds. The Balaban J connectivity index is 1.93. The standard InChI is InChI=1S/C11H15N3O3/c15-9-5-12-6-11(9,17)7-14-10(16)8-3-1-2-4-13-8/h1-4,9,12,15,17H,5-7H2,(H,14,16)/t9-,11-/m1/s1. The van der Waals surface area contributed by atoms with Gasteiger partial charge in [0, 0.05) is 19.3 Å². The predicted molar refractivity (Wildman–Crippen MR) is 60.4 cm³/mol. The van der Waals surface area contributed by atoms with Crippen molar-refractivity contribution in [2.45, 2.75) is 11.7 Å². The van der Waals surface area contributed by atoms with Crippen LogP contribution >= 0.6 is 0 Å². The lowest BCUT2D eigenvalue weighted by molar-refractivity contribution is -0.0366. The molecule has 0 aromatic carbocycles. The number of aliphatic hydroxyl groups excluding tert-OH is 1. The summed E-state index contributed by atoms with van der Waals surface area (Å²) >= 11 is 0. The van der Waals surface area contributed by atoms with Crippen LogP contribution in [0.3, 0.4) is 0 Å². The number of amides is 1. The Bertz CT molecular complexity index is 398. The molecule has 0 aliphatic carbocycles. The third kappa shape index (κ3) is 2.60. The first-order valence-electron chi connectivity index (χ1n) is 5.42. The molecule has 2 rings (SSSR count). The van der Waals surface area contributed by atoms with Gasteiger partial charge in [-0.2, -0.15) is 0 Å². The summed E-state index contributed by atoms with van der Waals surface area (Å²) in [6.45, 7) is 0.587. The minimum Gasteiger partial charge on any atom is -0.389 e. The highest BCUT2D eigenvalue weighted by molar-refractivity contribution is 5.92. The Morgan fingerprint density at radius 2 is 2.47 bits per heavy atom. The summed E-state index contributed by atoms with van der Waals surface area (Å²) in [5.74, 6) is -0.363. The lowest BCUT2D eigenvalue weighted by Gasteiger charge is -2.25. The van der Waals surface area contributed by atoms with E-state index in [-0.39, 0.29) is 24.7 Å². The molecule has 0 unspecified atom stereocenters. The van der Waals surface area contributed by atoms with Gasteiger partial charge in [0.15, 0.2) is 0 Å². The molecule has 92 valence electrons. The molecule has 2 atom stereocenters. The van der Waals surface area contributed by atoms with Crippen LogP contribution in [-0.2, 0) is 0 Å². The number of nitrogens with one attached hydrogen (secondary N) is 2. The van der Waals surface area contributed by atoms with Crippen LogP contribution in [0.15, 0.2) is 24.4 Å². The number of hydrogen-bond acceptors (Lipinski definition) is 5. The molecular formula is C11H15N3O3. The van der Waals surface area contributed by atoms with E-state index in [1.165, 1.54) is 6.20 Å². The molecule has 1 aliphatic heterocycles. The molecule has 17 heavy (non-hydrogen) atoms. The van der Waals surface area contributed by atoms with Gasteiger partial charge in [0.05, 0.1) is 12.6 Å². The van der Waals surface area contributed by atoms with E-state index in [2.05, 4.69) is 15.6 Å². The normalized spacial score (nSPS) is 28.0. The second-order valence-electron chi connectivity index (χ2n) is 4.15. The van der Waals surface area contributed by atoms with Crippen LogP contribution in [0.2, 0.25) is 0 Å². The van der Waals surface area contributed by atoms with Crippen LogP contribution in [0.1, 0.15) is 10.5 Å². The molecule has 4 N–H and O–H groups in total. The summed E-state index contributed by atoms with van der Waals surface area (Å²) < 4.78 is 0. The Kier molecular flexibility index (Phi) is 3.37. The van der Waals surface area contributed by atoms with Gasteiger partial charge in [-0.05, 0) is 12.1 Å². The molecule has 1 aliphatic rings. The van der Waals surface area contributed by atoms with E-state index < -0.39 is 11.7 Å². The predicted octanol–water partition coefficient (Wildman–Crippen LogP) is -1.49. The lowest BCUT2D eigenvalue weighted by Crippen LogP contribution is -2.51. The van der Waals surface area contributed by atoms with Crippen molar-refractivity contribution in [1.82, 2.24) is 15.6 Å². The molecule has 0 saturated carbocycles. The molecule has 1 aromatic heterocycles. The first-order valence-corrected chi connectivity index (χ1v) is 5.42. The molecular weight excluding hydrogens is 222 g/mol. The maximum atomic E-state index is 11.7. The zero-order valence-electron chi connectivity index (χ0n) is 9.26. The third-order valence-electron chi connectivity index (χ3n) is 2.84. The van der Waals surface area contributed by atoms with Crippen molar-refractivity contribution in [3.8, 4) is 0 Å². The number of aliphatic hydroxyl groups is 2. The van der Waals surface area contributed by atoms with Crippen molar-refractivity contribution in [2.24, 2.45) is 0 Å². The zero-order chi connectivity index (χ0) is 12.3. The molecule has 2 heterocycles. The van der Waals surface area contributed by atoms with Crippen molar-refractivity contribution < 1.29 is 15.0 Å². The van der Waals surface area contributed by atoms with Gasteiger partial charge in [-0.1, -0.05) is 6.07 Å². The summed E-state index contributed by atoms with van der Waals surface area (Å²) in [5, 5.41) is 25.0. The molecule has 6 nitrogen and oxygen atoms in total. The van der Waals surface area contributed by atoms with E-state index in [4.69, 9.17) is 0 Å². The summed E-state index contributed by atoms with van der Waals surface area (Å²) in [4.78, 5) is 15.6. The Labute approximate surface area is 98.7 Å². The average molecular weight is 237 g/mol. The molecule has 0 bridgehead atoms. The van der Waals surface area contributed by atoms with Crippen molar-refractivity contribution >= 4 is 5.91 Å². The zero-order valence-corrected chi connectivity index (χ0v) is 9.26. The summed E-state index contributed by atoms with van der Waals surface area (Å²) in [6.07, 6.45) is 0.654. The van der Waals surface area contributed by atoms with E-state index in [9.17, 15) is 15.0 Å². The van der Waals surface area contributed by atoms with Crippen molar-refractivity contribution in [1.29, 1.82) is 0 Å². The fourth-order valence-corrected chi connectivity index (χ4v) is 1.73. The number of carbonyl (C=O) groups is 1. The van der Waals surface area contributed by atoms with Gasteiger partial charge in [-0.25, -0.2) is 0 Å². The second-order valence-corrected chi connectivity index (χ2v) is 4.15. The Hall–Kier alpha value is -1.50. The maximum Gasteiger partial charge on any atom is 0.269 e. The smallest absolute Gasteiger partial charge is 0.269 e. The van der Waals surface area contributed by atoms with Crippen molar-refractivity contribution in [3.05, 3.63) is 30.1 Å². The monoisotopic (exact) mass is 237 g/mol. The topological polar surface area (TPSA) is 94.5 Å². The summed E-state index contributed by atoms with van der Waals surface area (Å²) in [7, 11) is 0. The highest BCUT2D eigenvalue weighted by Gasteiger charge is 2.40. The molecule has 1 saturated heterocycles. The highest BCUT2D eigenvalue weighted by Crippen LogP contribution is 2.13. The number of carbonyl (C=O) groups excluding carboxylic acids is 1. The Morgan fingerprint density at radius 1 is 1.65 bits per heavy atom.